The van der Waals surface area contributed by atoms with E-state index in [9.17, 15) is 22.0 Å². The number of hydrogen-bond acceptors (Lipinski definition) is 1. The van der Waals surface area contributed by atoms with Crippen molar-refractivity contribution >= 4 is 0 Å². The van der Waals surface area contributed by atoms with Gasteiger partial charge in [0.15, 0.2) is 11.6 Å². The van der Waals surface area contributed by atoms with Crippen LogP contribution in [0.15, 0.2) is 36.4 Å². The van der Waals surface area contributed by atoms with E-state index in [0.29, 0.717) is 11.5 Å². The molecule has 0 saturated heterocycles. The van der Waals surface area contributed by atoms with Gasteiger partial charge in [-0.1, -0.05) is 63.3 Å². The number of halogens is 5. The molecule has 2 aliphatic carbocycles. The molecule has 2 aliphatic rings. The molecule has 0 spiro atoms. The second-order valence-electron chi connectivity index (χ2n) is 10.1. The Balaban J connectivity index is 1.38. The summed E-state index contributed by atoms with van der Waals surface area (Å²) < 4.78 is 68.8. The first-order valence-corrected chi connectivity index (χ1v) is 12.6. The lowest BCUT2D eigenvalue weighted by Crippen LogP contribution is -2.30. The molecule has 6 heteroatoms. The van der Waals surface area contributed by atoms with Crippen LogP contribution in [-0.4, -0.2) is 6.36 Å². The Morgan fingerprint density at radius 3 is 2.12 bits per heavy atom. The van der Waals surface area contributed by atoms with Gasteiger partial charge >= 0.3 is 6.36 Å². The van der Waals surface area contributed by atoms with Crippen molar-refractivity contribution in [3.63, 3.8) is 0 Å². The maximum Gasteiger partial charge on any atom is 0.573 e. The lowest BCUT2D eigenvalue weighted by Gasteiger charge is -2.42. The van der Waals surface area contributed by atoms with E-state index < -0.39 is 23.7 Å². The lowest BCUT2D eigenvalue weighted by molar-refractivity contribution is -0.276. The molecule has 4 unspecified atom stereocenters. The molecule has 1 nitrogen and oxygen atoms in total. The molecule has 4 rings (SSSR count). The van der Waals surface area contributed by atoms with Crippen molar-refractivity contribution in [3.8, 4) is 16.9 Å². The van der Waals surface area contributed by atoms with Gasteiger partial charge in [0.1, 0.15) is 0 Å². The van der Waals surface area contributed by atoms with Gasteiger partial charge in [-0.3, -0.25) is 0 Å². The van der Waals surface area contributed by atoms with Crippen LogP contribution in [-0.2, 0) is 0 Å². The van der Waals surface area contributed by atoms with Crippen LogP contribution in [0.4, 0.5) is 22.0 Å². The van der Waals surface area contributed by atoms with Crippen LogP contribution in [0, 0.1) is 29.4 Å². The van der Waals surface area contributed by atoms with Crippen LogP contribution in [0.3, 0.4) is 0 Å². The molecule has 2 fully saturated rings. The molecule has 0 bridgehead atoms. The third-order valence-electron chi connectivity index (χ3n) is 7.87. The first kappa shape index (κ1) is 25.0. The van der Waals surface area contributed by atoms with Crippen molar-refractivity contribution in [2.75, 3.05) is 0 Å². The van der Waals surface area contributed by atoms with Crippen molar-refractivity contribution in [3.05, 3.63) is 53.6 Å². The number of rotatable bonds is 7. The highest BCUT2D eigenvalue weighted by atomic mass is 19.4. The summed E-state index contributed by atoms with van der Waals surface area (Å²) in [5.41, 5.74) is 1.97. The topological polar surface area (TPSA) is 9.23 Å². The van der Waals surface area contributed by atoms with Crippen LogP contribution in [0.25, 0.3) is 11.1 Å². The van der Waals surface area contributed by atoms with E-state index >= 15 is 0 Å². The summed E-state index contributed by atoms with van der Waals surface area (Å²) in [4.78, 5) is 0. The van der Waals surface area contributed by atoms with Gasteiger partial charge in [0, 0.05) is 0 Å². The smallest absolute Gasteiger partial charge is 0.399 e. The molecule has 2 aromatic carbocycles. The highest BCUT2D eigenvalue weighted by Crippen LogP contribution is 2.48. The number of hydrogen-bond donors (Lipinski definition) is 0. The zero-order valence-electron chi connectivity index (χ0n) is 19.6. The van der Waals surface area contributed by atoms with E-state index in [0.717, 1.165) is 36.3 Å². The van der Waals surface area contributed by atoms with Crippen LogP contribution >= 0.6 is 0 Å². The Kier molecular flexibility index (Phi) is 7.83. The van der Waals surface area contributed by atoms with Crippen LogP contribution in [0.1, 0.15) is 82.6 Å². The van der Waals surface area contributed by atoms with Crippen molar-refractivity contribution in [1.29, 1.82) is 0 Å². The first-order chi connectivity index (χ1) is 16.2. The Morgan fingerprint density at radius 1 is 0.824 bits per heavy atom. The third kappa shape index (κ3) is 6.11. The normalized spacial score (nSPS) is 25.1. The van der Waals surface area contributed by atoms with Crippen molar-refractivity contribution in [1.82, 2.24) is 0 Å². The molecule has 186 valence electrons. The minimum absolute atomic E-state index is 0.182. The summed E-state index contributed by atoms with van der Waals surface area (Å²) in [6.07, 6.45) is 7.87. The molecule has 4 atom stereocenters. The maximum absolute atomic E-state index is 14.1. The fourth-order valence-corrected chi connectivity index (χ4v) is 6.12. The SMILES string of the molecule is CCCCCC1CCC2CC(c3ccc(-c4cc(F)c(OC(F)(F)F)c(F)c4)cc3)CCC2C1. The molecular formula is C28H33F5O. The number of ether oxygens (including phenoxy) is 1. The molecule has 0 aliphatic heterocycles. The lowest BCUT2D eigenvalue weighted by atomic mass is 9.63. The van der Waals surface area contributed by atoms with Gasteiger partial charge < -0.3 is 4.74 Å². The van der Waals surface area contributed by atoms with Crippen LogP contribution in [0.2, 0.25) is 0 Å². The van der Waals surface area contributed by atoms with E-state index in [-0.39, 0.29) is 5.56 Å². The Hall–Kier alpha value is -2.11. The molecular weight excluding hydrogens is 447 g/mol. The average molecular weight is 481 g/mol. The van der Waals surface area contributed by atoms with Gasteiger partial charge in [-0.15, -0.1) is 13.2 Å². The number of benzene rings is 2. The van der Waals surface area contributed by atoms with E-state index in [1.165, 1.54) is 63.4 Å². The largest absolute Gasteiger partial charge is 0.573 e. The van der Waals surface area contributed by atoms with Crippen LogP contribution in [0.5, 0.6) is 5.75 Å². The summed E-state index contributed by atoms with van der Waals surface area (Å²) in [6.45, 7) is 2.25. The molecule has 2 aromatic rings. The fraction of sp³-hybridized carbons (Fsp3) is 0.571. The molecule has 2 saturated carbocycles. The van der Waals surface area contributed by atoms with Crippen LogP contribution < -0.4 is 4.74 Å². The van der Waals surface area contributed by atoms with E-state index in [1.54, 1.807) is 12.1 Å². The fourth-order valence-electron chi connectivity index (χ4n) is 6.12. The molecule has 0 amide bonds. The summed E-state index contributed by atoms with van der Waals surface area (Å²) in [7, 11) is 0. The van der Waals surface area contributed by atoms with Gasteiger partial charge in [0.25, 0.3) is 0 Å². The van der Waals surface area contributed by atoms with Crippen molar-refractivity contribution in [2.24, 2.45) is 17.8 Å². The average Bonchev–Trinajstić information content (AvgIpc) is 2.80. The number of unbranched alkanes of at least 4 members (excludes halogenated alkanes) is 2. The summed E-state index contributed by atoms with van der Waals surface area (Å²) in [5, 5.41) is 0. The monoisotopic (exact) mass is 480 g/mol. The Labute approximate surface area is 198 Å². The van der Waals surface area contributed by atoms with Gasteiger partial charge in [0.05, 0.1) is 0 Å². The molecule has 0 heterocycles. The number of fused-ring (bicyclic) bond motifs is 1. The van der Waals surface area contributed by atoms with Crippen molar-refractivity contribution in [2.45, 2.75) is 83.4 Å². The molecule has 0 radical (unpaired) electrons. The van der Waals surface area contributed by atoms with Gasteiger partial charge in [-0.25, -0.2) is 8.78 Å². The van der Waals surface area contributed by atoms with Crippen molar-refractivity contribution < 1.29 is 26.7 Å². The van der Waals surface area contributed by atoms with Gasteiger partial charge in [-0.05, 0) is 84.6 Å². The minimum Gasteiger partial charge on any atom is -0.399 e. The quantitative estimate of drug-likeness (QED) is 0.283. The predicted octanol–water partition coefficient (Wildman–Crippen LogP) is 9.41. The number of alkyl halides is 3. The van der Waals surface area contributed by atoms with E-state index in [4.69, 9.17) is 0 Å². The maximum atomic E-state index is 14.1. The van der Waals surface area contributed by atoms with Gasteiger partial charge in [0.2, 0.25) is 5.75 Å². The summed E-state index contributed by atoms with van der Waals surface area (Å²) in [5.74, 6) is -1.16. The highest BCUT2D eigenvalue weighted by molar-refractivity contribution is 5.65. The Bertz CT molecular complexity index is 929. The third-order valence-corrected chi connectivity index (χ3v) is 7.87. The predicted molar refractivity (Wildman–Crippen MR) is 124 cm³/mol. The minimum atomic E-state index is -5.15. The molecule has 0 aromatic heterocycles. The summed E-state index contributed by atoms with van der Waals surface area (Å²) >= 11 is 0. The highest BCUT2D eigenvalue weighted by Gasteiger charge is 2.36. The zero-order valence-corrected chi connectivity index (χ0v) is 19.6. The standard InChI is InChI=1S/C28H33F5O/c1-2-3-4-5-18-6-7-23-15-22(13-12-21(23)14-18)19-8-10-20(11-9-19)24-16-25(29)27(26(30)17-24)34-28(31,32)33/h8-11,16-18,21-23H,2-7,12-15H2,1H3. The van der Waals surface area contributed by atoms with E-state index in [2.05, 4.69) is 11.7 Å². The molecule has 0 N–H and O–H groups in total. The molecule has 34 heavy (non-hydrogen) atoms. The van der Waals surface area contributed by atoms with E-state index in [1.807, 2.05) is 12.1 Å². The Morgan fingerprint density at radius 2 is 1.47 bits per heavy atom. The second kappa shape index (κ2) is 10.7. The first-order valence-electron chi connectivity index (χ1n) is 12.6. The zero-order chi connectivity index (χ0) is 24.3. The second-order valence-corrected chi connectivity index (χ2v) is 10.1. The summed E-state index contributed by atoms with van der Waals surface area (Å²) in [6, 6.07) is 9.33. The van der Waals surface area contributed by atoms with Gasteiger partial charge in [-0.2, -0.15) is 0 Å².